The zero-order chi connectivity index (χ0) is 17.8. The van der Waals surface area contributed by atoms with Crippen LogP contribution in [0.25, 0.3) is 10.9 Å². The van der Waals surface area contributed by atoms with E-state index in [9.17, 15) is 4.79 Å². The van der Waals surface area contributed by atoms with Crippen molar-refractivity contribution in [1.82, 2.24) is 10.3 Å². The van der Waals surface area contributed by atoms with Crippen LogP contribution in [0.15, 0.2) is 48.7 Å². The molecule has 0 unspecified atom stereocenters. The molecule has 0 bridgehead atoms. The van der Waals surface area contributed by atoms with Gasteiger partial charge in [0, 0.05) is 34.2 Å². The van der Waals surface area contributed by atoms with Crippen LogP contribution in [0.4, 0.5) is 0 Å². The molecule has 0 saturated carbocycles. The number of hydrogen-bond donors (Lipinski definition) is 4. The van der Waals surface area contributed by atoms with Gasteiger partial charge in [-0.2, -0.15) is 0 Å². The molecule has 5 N–H and O–H groups in total. The molecule has 0 spiro atoms. The average Bonchev–Trinajstić information content (AvgIpc) is 2.98. The Kier molecular flexibility index (Phi) is 5.05. The standard InChI is InChI=1S/C19H19ClN4O/c20-14-3-1-2-13(8-14)10-18(25)23-7-6-12-4-5-17-15(9-12)16(11-24-17)19(21)22/h1-5,8-9,11,24H,6-7,10H2,(H3,21,22)(H,23,25). The minimum absolute atomic E-state index is 0.0329. The lowest BCUT2D eigenvalue weighted by Crippen LogP contribution is -2.27. The van der Waals surface area contributed by atoms with E-state index in [4.69, 9.17) is 22.7 Å². The largest absolute Gasteiger partial charge is 0.384 e. The van der Waals surface area contributed by atoms with E-state index in [0.717, 1.165) is 22.0 Å². The number of hydrogen-bond acceptors (Lipinski definition) is 2. The third-order valence-electron chi connectivity index (χ3n) is 4.03. The van der Waals surface area contributed by atoms with Gasteiger partial charge in [0.2, 0.25) is 5.91 Å². The Morgan fingerprint density at radius 3 is 2.80 bits per heavy atom. The summed E-state index contributed by atoms with van der Waals surface area (Å²) >= 11 is 5.93. The highest BCUT2D eigenvalue weighted by atomic mass is 35.5. The predicted octanol–water partition coefficient (Wildman–Crippen LogP) is 3.01. The van der Waals surface area contributed by atoms with Gasteiger partial charge < -0.3 is 16.0 Å². The van der Waals surface area contributed by atoms with Gasteiger partial charge in [-0.25, -0.2) is 0 Å². The molecule has 128 valence electrons. The molecule has 3 aromatic rings. The van der Waals surface area contributed by atoms with Crippen LogP contribution in [0.3, 0.4) is 0 Å². The van der Waals surface area contributed by atoms with Crippen molar-refractivity contribution < 1.29 is 4.79 Å². The first-order valence-corrected chi connectivity index (χ1v) is 8.36. The Balaban J connectivity index is 1.58. The van der Waals surface area contributed by atoms with Gasteiger partial charge >= 0.3 is 0 Å². The van der Waals surface area contributed by atoms with E-state index in [1.165, 1.54) is 0 Å². The fourth-order valence-electron chi connectivity index (χ4n) is 2.79. The minimum atomic E-state index is -0.0329. The van der Waals surface area contributed by atoms with Gasteiger partial charge in [-0.05, 0) is 41.8 Å². The number of carbonyl (C=O) groups is 1. The Bertz CT molecular complexity index is 932. The van der Waals surface area contributed by atoms with Crippen LogP contribution in [0.1, 0.15) is 16.7 Å². The smallest absolute Gasteiger partial charge is 0.224 e. The van der Waals surface area contributed by atoms with E-state index in [-0.39, 0.29) is 11.7 Å². The highest BCUT2D eigenvalue weighted by Crippen LogP contribution is 2.19. The van der Waals surface area contributed by atoms with Crippen molar-refractivity contribution in [3.8, 4) is 0 Å². The zero-order valence-electron chi connectivity index (χ0n) is 13.6. The average molecular weight is 355 g/mol. The Hall–Kier alpha value is -2.79. The molecule has 1 aromatic heterocycles. The van der Waals surface area contributed by atoms with Crippen molar-refractivity contribution in [2.24, 2.45) is 5.73 Å². The zero-order valence-corrected chi connectivity index (χ0v) is 14.4. The number of benzene rings is 2. The number of aromatic nitrogens is 1. The van der Waals surface area contributed by atoms with Gasteiger partial charge in [-0.15, -0.1) is 0 Å². The van der Waals surface area contributed by atoms with Gasteiger partial charge in [0.25, 0.3) is 0 Å². The molecule has 25 heavy (non-hydrogen) atoms. The summed E-state index contributed by atoms with van der Waals surface area (Å²) in [6.45, 7) is 0.546. The first-order chi connectivity index (χ1) is 12.0. The quantitative estimate of drug-likeness (QED) is 0.404. The van der Waals surface area contributed by atoms with Crippen LogP contribution in [0.2, 0.25) is 5.02 Å². The Morgan fingerprint density at radius 1 is 1.20 bits per heavy atom. The molecule has 1 amide bonds. The summed E-state index contributed by atoms with van der Waals surface area (Å²) in [5, 5.41) is 12.1. The molecule has 0 saturated heterocycles. The van der Waals surface area contributed by atoms with E-state index < -0.39 is 0 Å². The van der Waals surface area contributed by atoms with E-state index in [1.807, 2.05) is 30.3 Å². The number of nitrogens with one attached hydrogen (secondary N) is 3. The van der Waals surface area contributed by atoms with Crippen LogP contribution in [-0.4, -0.2) is 23.3 Å². The van der Waals surface area contributed by atoms with Gasteiger partial charge in [-0.3, -0.25) is 10.2 Å². The number of H-pyrrole nitrogens is 1. The topological polar surface area (TPSA) is 94.8 Å². The maximum absolute atomic E-state index is 12.0. The Morgan fingerprint density at radius 2 is 2.04 bits per heavy atom. The maximum atomic E-state index is 12.0. The maximum Gasteiger partial charge on any atom is 0.224 e. The molecule has 2 aromatic carbocycles. The molecule has 5 nitrogen and oxygen atoms in total. The summed E-state index contributed by atoms with van der Waals surface area (Å²) in [6.07, 6.45) is 2.76. The van der Waals surface area contributed by atoms with Crippen molar-refractivity contribution in [3.63, 3.8) is 0 Å². The van der Waals surface area contributed by atoms with Crippen LogP contribution < -0.4 is 11.1 Å². The summed E-state index contributed by atoms with van der Waals surface area (Å²) in [5.41, 5.74) is 9.21. The summed E-state index contributed by atoms with van der Waals surface area (Å²) < 4.78 is 0. The summed E-state index contributed by atoms with van der Waals surface area (Å²) in [7, 11) is 0. The predicted molar refractivity (Wildman–Crippen MR) is 101 cm³/mol. The second-order valence-corrected chi connectivity index (χ2v) is 6.34. The van der Waals surface area contributed by atoms with Gasteiger partial charge in [0.15, 0.2) is 0 Å². The third kappa shape index (κ3) is 4.19. The number of halogens is 1. The van der Waals surface area contributed by atoms with Gasteiger partial charge in [-0.1, -0.05) is 29.8 Å². The SMILES string of the molecule is N=C(N)c1c[nH]c2ccc(CCNC(=O)Cc3cccc(Cl)c3)cc12. The minimum Gasteiger partial charge on any atom is -0.384 e. The van der Waals surface area contributed by atoms with Crippen LogP contribution >= 0.6 is 11.6 Å². The first-order valence-electron chi connectivity index (χ1n) is 7.98. The molecule has 3 rings (SSSR count). The lowest BCUT2D eigenvalue weighted by molar-refractivity contribution is -0.120. The monoisotopic (exact) mass is 354 g/mol. The lowest BCUT2D eigenvalue weighted by atomic mass is 10.1. The van der Waals surface area contributed by atoms with Crippen LogP contribution in [0.5, 0.6) is 0 Å². The normalized spacial score (nSPS) is 10.8. The number of nitrogen functional groups attached to an aromatic ring is 1. The number of amidine groups is 1. The fourth-order valence-corrected chi connectivity index (χ4v) is 3.00. The van der Waals surface area contributed by atoms with Gasteiger partial charge in [0.1, 0.15) is 5.84 Å². The van der Waals surface area contributed by atoms with E-state index in [0.29, 0.717) is 30.0 Å². The highest BCUT2D eigenvalue weighted by Gasteiger charge is 2.08. The fraction of sp³-hybridized carbons (Fsp3) is 0.158. The number of carbonyl (C=O) groups excluding carboxylic acids is 1. The molecular formula is C19H19ClN4O. The Labute approximate surface area is 150 Å². The molecular weight excluding hydrogens is 336 g/mol. The van der Waals surface area contributed by atoms with Crippen molar-refractivity contribution in [2.45, 2.75) is 12.8 Å². The molecule has 0 radical (unpaired) electrons. The molecule has 0 aliphatic carbocycles. The summed E-state index contributed by atoms with van der Waals surface area (Å²) in [4.78, 5) is 15.1. The molecule has 0 atom stereocenters. The van der Waals surface area contributed by atoms with Crippen molar-refractivity contribution in [3.05, 3.63) is 70.4 Å². The summed E-state index contributed by atoms with van der Waals surface area (Å²) in [5.74, 6) is 0.00707. The number of amides is 1. The summed E-state index contributed by atoms with van der Waals surface area (Å²) in [6, 6.07) is 13.3. The number of fused-ring (bicyclic) bond motifs is 1. The van der Waals surface area contributed by atoms with Crippen molar-refractivity contribution >= 4 is 34.2 Å². The molecule has 6 heteroatoms. The number of aromatic amines is 1. The second kappa shape index (κ2) is 7.40. The molecule has 1 heterocycles. The second-order valence-electron chi connectivity index (χ2n) is 5.90. The van der Waals surface area contributed by atoms with Crippen molar-refractivity contribution in [2.75, 3.05) is 6.54 Å². The van der Waals surface area contributed by atoms with Crippen LogP contribution in [-0.2, 0) is 17.6 Å². The van der Waals surface area contributed by atoms with Gasteiger partial charge in [0.05, 0.1) is 6.42 Å². The van der Waals surface area contributed by atoms with Crippen molar-refractivity contribution in [1.29, 1.82) is 5.41 Å². The highest BCUT2D eigenvalue weighted by molar-refractivity contribution is 6.30. The van der Waals surface area contributed by atoms with E-state index in [2.05, 4.69) is 10.3 Å². The van der Waals surface area contributed by atoms with E-state index >= 15 is 0 Å². The number of nitrogens with two attached hydrogens (primary N) is 1. The molecule has 0 aliphatic rings. The van der Waals surface area contributed by atoms with Crippen LogP contribution in [0, 0.1) is 5.41 Å². The lowest BCUT2D eigenvalue weighted by Gasteiger charge is -2.07. The number of rotatable bonds is 6. The van der Waals surface area contributed by atoms with E-state index in [1.54, 1.807) is 18.3 Å². The first kappa shape index (κ1) is 17.0. The molecule has 0 aliphatic heterocycles. The third-order valence-corrected chi connectivity index (χ3v) is 4.26. The molecule has 0 fully saturated rings.